The van der Waals surface area contributed by atoms with Crippen molar-refractivity contribution in [2.75, 3.05) is 0 Å². The van der Waals surface area contributed by atoms with E-state index in [1.807, 2.05) is 0 Å². The molecule has 0 aliphatic heterocycles. The highest BCUT2D eigenvalue weighted by molar-refractivity contribution is 5.18. The number of hydrogen-bond donors (Lipinski definition) is 1. The Hall–Kier alpha value is -0.830. The number of aromatic nitrogens is 1. The molecule has 0 aliphatic rings. The molecule has 0 spiro atoms. The van der Waals surface area contributed by atoms with Crippen LogP contribution in [-0.4, -0.2) is 10.3 Å². The molecule has 1 N–H and O–H groups in total. The third-order valence-corrected chi connectivity index (χ3v) is 1.41. The third-order valence-electron chi connectivity index (χ3n) is 1.41. The van der Waals surface area contributed by atoms with Gasteiger partial charge in [-0.2, -0.15) is 0 Å². The summed E-state index contributed by atoms with van der Waals surface area (Å²) in [6, 6.07) is 0. The van der Waals surface area contributed by atoms with Crippen molar-refractivity contribution in [3.8, 4) is 0 Å². The molecule has 56 valence electrons. The van der Waals surface area contributed by atoms with Gasteiger partial charge in [0.05, 0.1) is 11.8 Å². The minimum atomic E-state index is -0.843. The van der Waals surface area contributed by atoms with E-state index in [2.05, 4.69) is 5.16 Å². The first-order valence-electron chi connectivity index (χ1n) is 3.16. The fourth-order valence-corrected chi connectivity index (χ4v) is 0.887. The zero-order chi connectivity index (χ0) is 7.78. The second-order valence-electron chi connectivity index (χ2n) is 2.85. The zero-order valence-corrected chi connectivity index (χ0v) is 6.38. The number of rotatable bonds is 1. The predicted molar refractivity (Wildman–Crippen MR) is 36.5 cm³/mol. The van der Waals surface area contributed by atoms with E-state index in [4.69, 9.17) is 4.52 Å². The smallest absolute Gasteiger partial charge is 0.139 e. The molecule has 0 amide bonds. The van der Waals surface area contributed by atoms with Crippen LogP contribution < -0.4 is 0 Å². The molecule has 0 saturated heterocycles. The maximum Gasteiger partial charge on any atom is 0.139 e. The van der Waals surface area contributed by atoms with Crippen LogP contribution in [0.15, 0.2) is 10.7 Å². The molecular formula is C7H11NO2. The first-order chi connectivity index (χ1) is 4.52. The van der Waals surface area contributed by atoms with E-state index in [1.54, 1.807) is 20.8 Å². The van der Waals surface area contributed by atoms with Gasteiger partial charge in [-0.05, 0) is 20.8 Å². The van der Waals surface area contributed by atoms with Crippen LogP contribution >= 0.6 is 0 Å². The summed E-state index contributed by atoms with van der Waals surface area (Å²) in [5, 5.41) is 13.0. The molecule has 0 saturated carbocycles. The van der Waals surface area contributed by atoms with E-state index in [1.165, 1.54) is 6.20 Å². The van der Waals surface area contributed by atoms with Crippen LogP contribution in [-0.2, 0) is 5.60 Å². The van der Waals surface area contributed by atoms with Crippen molar-refractivity contribution in [2.24, 2.45) is 0 Å². The van der Waals surface area contributed by atoms with E-state index in [0.717, 1.165) is 5.56 Å². The normalized spacial score (nSPS) is 12.0. The molecule has 0 aromatic carbocycles. The SMILES string of the molecule is Cc1oncc1C(C)(C)O. The van der Waals surface area contributed by atoms with Gasteiger partial charge in [-0.15, -0.1) is 0 Å². The van der Waals surface area contributed by atoms with Crippen molar-refractivity contribution >= 4 is 0 Å². The molecule has 3 nitrogen and oxygen atoms in total. The molecule has 0 fully saturated rings. The monoisotopic (exact) mass is 141 g/mol. The zero-order valence-electron chi connectivity index (χ0n) is 6.38. The summed E-state index contributed by atoms with van der Waals surface area (Å²) in [7, 11) is 0. The second kappa shape index (κ2) is 2.09. The highest BCUT2D eigenvalue weighted by Gasteiger charge is 2.20. The molecule has 3 heteroatoms. The van der Waals surface area contributed by atoms with Crippen LogP contribution in [0.2, 0.25) is 0 Å². The number of aryl methyl sites for hydroxylation is 1. The maximum absolute atomic E-state index is 9.46. The molecule has 1 heterocycles. The number of aliphatic hydroxyl groups is 1. The van der Waals surface area contributed by atoms with Crippen LogP contribution in [0.5, 0.6) is 0 Å². The summed E-state index contributed by atoms with van der Waals surface area (Å²) in [5.41, 5.74) is -0.100. The molecule has 1 aromatic heterocycles. The molecule has 1 aromatic rings. The Morgan fingerprint density at radius 2 is 2.20 bits per heavy atom. The van der Waals surface area contributed by atoms with Gasteiger partial charge in [0.2, 0.25) is 0 Å². The Balaban J connectivity index is 3.05. The van der Waals surface area contributed by atoms with Gasteiger partial charge in [0.15, 0.2) is 0 Å². The summed E-state index contributed by atoms with van der Waals surface area (Å²) in [4.78, 5) is 0. The highest BCUT2D eigenvalue weighted by atomic mass is 16.5. The van der Waals surface area contributed by atoms with Crippen molar-refractivity contribution in [1.82, 2.24) is 5.16 Å². The van der Waals surface area contributed by atoms with E-state index < -0.39 is 5.60 Å². The lowest BCUT2D eigenvalue weighted by molar-refractivity contribution is 0.0769. The topological polar surface area (TPSA) is 46.3 Å². The Kier molecular flexibility index (Phi) is 1.52. The summed E-state index contributed by atoms with van der Waals surface area (Å²) < 4.78 is 4.78. The molecule has 10 heavy (non-hydrogen) atoms. The van der Waals surface area contributed by atoms with Crippen LogP contribution in [0.25, 0.3) is 0 Å². The molecule has 0 bridgehead atoms. The molecule has 0 atom stereocenters. The van der Waals surface area contributed by atoms with Crippen molar-refractivity contribution < 1.29 is 9.63 Å². The van der Waals surface area contributed by atoms with Gasteiger partial charge in [-0.1, -0.05) is 5.16 Å². The van der Waals surface area contributed by atoms with Crippen LogP contribution in [0.4, 0.5) is 0 Å². The minimum Gasteiger partial charge on any atom is -0.386 e. The lowest BCUT2D eigenvalue weighted by atomic mass is 10.0. The Bertz CT molecular complexity index is 222. The van der Waals surface area contributed by atoms with Crippen LogP contribution in [0.1, 0.15) is 25.2 Å². The second-order valence-corrected chi connectivity index (χ2v) is 2.85. The lowest BCUT2D eigenvalue weighted by Crippen LogP contribution is -2.15. The molecular weight excluding hydrogens is 130 g/mol. The maximum atomic E-state index is 9.46. The van der Waals surface area contributed by atoms with E-state index >= 15 is 0 Å². The average molecular weight is 141 g/mol. The fourth-order valence-electron chi connectivity index (χ4n) is 0.887. The summed E-state index contributed by atoms with van der Waals surface area (Å²) >= 11 is 0. The van der Waals surface area contributed by atoms with Crippen LogP contribution in [0, 0.1) is 6.92 Å². The molecule has 1 rings (SSSR count). The van der Waals surface area contributed by atoms with Gasteiger partial charge in [-0.3, -0.25) is 0 Å². The summed E-state index contributed by atoms with van der Waals surface area (Å²) in [6.45, 7) is 5.18. The highest BCUT2D eigenvalue weighted by Crippen LogP contribution is 2.21. The summed E-state index contributed by atoms with van der Waals surface area (Å²) in [5.74, 6) is 0.674. The van der Waals surface area contributed by atoms with Gasteiger partial charge in [0.25, 0.3) is 0 Å². The summed E-state index contributed by atoms with van der Waals surface area (Å²) in [6.07, 6.45) is 1.54. The molecule has 0 aliphatic carbocycles. The standard InChI is InChI=1S/C7H11NO2/c1-5-6(4-8-10-5)7(2,3)9/h4,9H,1-3H3. The van der Waals surface area contributed by atoms with Crippen molar-refractivity contribution in [1.29, 1.82) is 0 Å². The fraction of sp³-hybridized carbons (Fsp3) is 0.571. The van der Waals surface area contributed by atoms with Gasteiger partial charge in [0, 0.05) is 5.56 Å². The largest absolute Gasteiger partial charge is 0.386 e. The first-order valence-corrected chi connectivity index (χ1v) is 3.16. The van der Waals surface area contributed by atoms with E-state index in [-0.39, 0.29) is 0 Å². The Labute approximate surface area is 59.7 Å². The Morgan fingerprint density at radius 3 is 2.40 bits per heavy atom. The lowest BCUT2D eigenvalue weighted by Gasteiger charge is -2.14. The first kappa shape index (κ1) is 7.28. The number of hydrogen-bond acceptors (Lipinski definition) is 3. The van der Waals surface area contributed by atoms with Crippen molar-refractivity contribution in [3.63, 3.8) is 0 Å². The van der Waals surface area contributed by atoms with Gasteiger partial charge in [0.1, 0.15) is 5.76 Å². The third kappa shape index (κ3) is 1.19. The molecule has 0 radical (unpaired) electrons. The van der Waals surface area contributed by atoms with Crippen LogP contribution in [0.3, 0.4) is 0 Å². The van der Waals surface area contributed by atoms with E-state index in [9.17, 15) is 5.11 Å². The molecule has 0 unspecified atom stereocenters. The average Bonchev–Trinajstić information content (AvgIpc) is 2.11. The van der Waals surface area contributed by atoms with Gasteiger partial charge in [-0.25, -0.2) is 0 Å². The quantitative estimate of drug-likeness (QED) is 0.639. The van der Waals surface area contributed by atoms with Gasteiger partial charge < -0.3 is 9.63 Å². The van der Waals surface area contributed by atoms with Crippen molar-refractivity contribution in [3.05, 3.63) is 17.5 Å². The van der Waals surface area contributed by atoms with Gasteiger partial charge >= 0.3 is 0 Å². The minimum absolute atomic E-state index is 0.674. The Morgan fingerprint density at radius 1 is 1.60 bits per heavy atom. The number of nitrogens with zero attached hydrogens (tertiary/aromatic N) is 1. The predicted octanol–water partition coefficient (Wildman–Crippen LogP) is 1.21. The van der Waals surface area contributed by atoms with Crippen molar-refractivity contribution in [2.45, 2.75) is 26.4 Å². The van der Waals surface area contributed by atoms with E-state index in [0.29, 0.717) is 5.76 Å².